The lowest BCUT2D eigenvalue weighted by molar-refractivity contribution is -0.129. The summed E-state index contributed by atoms with van der Waals surface area (Å²) in [4.78, 5) is 13.7. The summed E-state index contributed by atoms with van der Waals surface area (Å²) in [6, 6.07) is 7.04. The first kappa shape index (κ1) is 17.2. The van der Waals surface area contributed by atoms with Crippen molar-refractivity contribution in [2.45, 2.75) is 13.8 Å². The van der Waals surface area contributed by atoms with Gasteiger partial charge in [-0.05, 0) is 60.7 Å². The number of anilines is 1. The predicted molar refractivity (Wildman–Crippen MR) is 89.3 cm³/mol. The number of nitrogens with zero attached hydrogens (tertiary/aromatic N) is 2. The standard InChI is InChI=1S/C13H19IN2O3S/c1-4-15(5-2)13(17)10-16(20(3,18)19)12-8-6-11(14)7-9-12/h6-9H,4-5,10H2,1-3H3. The second-order valence-electron chi connectivity index (χ2n) is 4.31. The van der Waals surface area contributed by atoms with Gasteiger partial charge in [0.15, 0.2) is 0 Å². The molecule has 1 aromatic carbocycles. The first-order chi connectivity index (χ1) is 9.29. The van der Waals surface area contributed by atoms with Crippen LogP contribution in [0.5, 0.6) is 0 Å². The number of hydrogen-bond donors (Lipinski definition) is 0. The summed E-state index contributed by atoms with van der Waals surface area (Å²) < 4.78 is 26.0. The third kappa shape index (κ3) is 4.62. The number of halogens is 1. The Morgan fingerprint density at radius 3 is 2.05 bits per heavy atom. The highest BCUT2D eigenvalue weighted by Crippen LogP contribution is 2.19. The zero-order valence-electron chi connectivity index (χ0n) is 11.8. The molecule has 0 spiro atoms. The van der Waals surface area contributed by atoms with E-state index in [1.165, 1.54) is 0 Å². The van der Waals surface area contributed by atoms with Crippen molar-refractivity contribution in [2.75, 3.05) is 30.2 Å². The van der Waals surface area contributed by atoms with Crippen LogP contribution in [-0.4, -0.2) is 45.1 Å². The summed E-state index contributed by atoms with van der Waals surface area (Å²) in [6.07, 6.45) is 1.11. The van der Waals surface area contributed by atoms with Crippen LogP contribution in [-0.2, 0) is 14.8 Å². The van der Waals surface area contributed by atoms with Gasteiger partial charge in [-0.2, -0.15) is 0 Å². The number of likely N-dealkylation sites (N-methyl/N-ethyl adjacent to an activating group) is 1. The molecule has 0 saturated carbocycles. The quantitative estimate of drug-likeness (QED) is 0.674. The molecule has 1 aromatic rings. The molecule has 0 aromatic heterocycles. The van der Waals surface area contributed by atoms with Gasteiger partial charge in [-0.25, -0.2) is 8.42 Å². The van der Waals surface area contributed by atoms with Crippen LogP contribution in [0.1, 0.15) is 13.8 Å². The van der Waals surface area contributed by atoms with Gasteiger partial charge in [0.1, 0.15) is 6.54 Å². The van der Waals surface area contributed by atoms with Gasteiger partial charge >= 0.3 is 0 Å². The Labute approximate surface area is 134 Å². The Hall–Kier alpha value is -0.830. The van der Waals surface area contributed by atoms with Crippen LogP contribution in [0.15, 0.2) is 24.3 Å². The molecular weight excluding hydrogens is 391 g/mol. The molecule has 20 heavy (non-hydrogen) atoms. The van der Waals surface area contributed by atoms with Crippen molar-refractivity contribution in [1.29, 1.82) is 0 Å². The fourth-order valence-electron chi connectivity index (χ4n) is 1.81. The van der Waals surface area contributed by atoms with E-state index in [-0.39, 0.29) is 12.5 Å². The number of hydrogen-bond acceptors (Lipinski definition) is 3. The topological polar surface area (TPSA) is 57.7 Å². The van der Waals surface area contributed by atoms with Crippen LogP contribution in [0.25, 0.3) is 0 Å². The number of amides is 1. The summed E-state index contributed by atoms with van der Waals surface area (Å²) >= 11 is 2.15. The first-order valence-corrected chi connectivity index (χ1v) is 9.23. The Kier molecular flexibility index (Phi) is 6.25. The number of carbonyl (C=O) groups excluding carboxylic acids is 1. The SMILES string of the molecule is CCN(CC)C(=O)CN(c1ccc(I)cc1)S(C)(=O)=O. The van der Waals surface area contributed by atoms with Crippen molar-refractivity contribution in [3.8, 4) is 0 Å². The van der Waals surface area contributed by atoms with Crippen molar-refractivity contribution >= 4 is 44.2 Å². The van der Waals surface area contributed by atoms with E-state index in [1.807, 2.05) is 26.0 Å². The zero-order chi connectivity index (χ0) is 15.3. The third-order valence-electron chi connectivity index (χ3n) is 2.91. The van der Waals surface area contributed by atoms with Gasteiger partial charge in [-0.15, -0.1) is 0 Å². The molecule has 0 unspecified atom stereocenters. The third-order valence-corrected chi connectivity index (χ3v) is 4.77. The highest BCUT2D eigenvalue weighted by molar-refractivity contribution is 14.1. The van der Waals surface area contributed by atoms with Gasteiger partial charge in [0.25, 0.3) is 0 Å². The molecule has 0 fully saturated rings. The van der Waals surface area contributed by atoms with Crippen LogP contribution in [0.2, 0.25) is 0 Å². The second-order valence-corrected chi connectivity index (χ2v) is 7.46. The molecule has 0 atom stereocenters. The van der Waals surface area contributed by atoms with Crippen LogP contribution in [0, 0.1) is 3.57 Å². The molecule has 0 aliphatic rings. The summed E-state index contributed by atoms with van der Waals surface area (Å²) in [5, 5.41) is 0. The van der Waals surface area contributed by atoms with E-state index < -0.39 is 10.0 Å². The molecule has 0 N–H and O–H groups in total. The molecule has 0 aliphatic heterocycles. The molecular formula is C13H19IN2O3S. The zero-order valence-corrected chi connectivity index (χ0v) is 14.8. The average Bonchev–Trinajstić information content (AvgIpc) is 2.37. The van der Waals surface area contributed by atoms with E-state index in [0.717, 1.165) is 14.1 Å². The van der Waals surface area contributed by atoms with Gasteiger partial charge in [-0.1, -0.05) is 0 Å². The average molecular weight is 410 g/mol. The highest BCUT2D eigenvalue weighted by atomic mass is 127. The number of carbonyl (C=O) groups is 1. The van der Waals surface area contributed by atoms with Crippen molar-refractivity contribution in [3.63, 3.8) is 0 Å². The molecule has 0 aliphatic carbocycles. The van der Waals surface area contributed by atoms with Gasteiger partial charge in [0.2, 0.25) is 15.9 Å². The fourth-order valence-corrected chi connectivity index (χ4v) is 3.02. The maximum absolute atomic E-state index is 12.1. The van der Waals surface area contributed by atoms with Crippen molar-refractivity contribution in [3.05, 3.63) is 27.8 Å². The molecule has 0 saturated heterocycles. The van der Waals surface area contributed by atoms with Crippen molar-refractivity contribution in [1.82, 2.24) is 4.90 Å². The Morgan fingerprint density at radius 1 is 1.15 bits per heavy atom. The molecule has 112 valence electrons. The lowest BCUT2D eigenvalue weighted by Gasteiger charge is -2.26. The summed E-state index contributed by atoms with van der Waals surface area (Å²) in [5.41, 5.74) is 0.508. The Bertz CT molecular complexity index is 553. The lowest BCUT2D eigenvalue weighted by atomic mass is 10.3. The van der Waals surface area contributed by atoms with Crippen LogP contribution in [0.4, 0.5) is 5.69 Å². The van der Waals surface area contributed by atoms with E-state index in [9.17, 15) is 13.2 Å². The summed E-state index contributed by atoms with van der Waals surface area (Å²) in [5.74, 6) is -0.195. The molecule has 1 rings (SSSR count). The predicted octanol–water partition coefficient (Wildman–Crippen LogP) is 1.93. The van der Waals surface area contributed by atoms with Crippen molar-refractivity contribution < 1.29 is 13.2 Å². The smallest absolute Gasteiger partial charge is 0.243 e. The molecule has 7 heteroatoms. The van der Waals surface area contributed by atoms with Crippen LogP contribution in [0.3, 0.4) is 0 Å². The minimum Gasteiger partial charge on any atom is -0.342 e. The summed E-state index contributed by atoms with van der Waals surface area (Å²) in [6.45, 7) is 4.72. The molecule has 1 amide bonds. The Balaban J connectivity index is 3.03. The van der Waals surface area contributed by atoms with Crippen LogP contribution < -0.4 is 4.31 Å². The maximum atomic E-state index is 12.1. The van der Waals surface area contributed by atoms with Crippen LogP contribution >= 0.6 is 22.6 Å². The minimum atomic E-state index is -3.49. The second kappa shape index (κ2) is 7.26. The van der Waals surface area contributed by atoms with E-state index >= 15 is 0 Å². The number of rotatable bonds is 6. The lowest BCUT2D eigenvalue weighted by Crippen LogP contribution is -2.42. The minimum absolute atomic E-state index is 0.166. The number of sulfonamides is 1. The maximum Gasteiger partial charge on any atom is 0.243 e. The number of benzene rings is 1. The van der Waals surface area contributed by atoms with Gasteiger partial charge in [-0.3, -0.25) is 9.10 Å². The normalized spacial score (nSPS) is 11.2. The fraction of sp³-hybridized carbons (Fsp3) is 0.462. The van der Waals surface area contributed by atoms with E-state index in [0.29, 0.717) is 18.8 Å². The van der Waals surface area contributed by atoms with Crippen molar-refractivity contribution in [2.24, 2.45) is 0 Å². The molecule has 5 nitrogen and oxygen atoms in total. The molecule has 0 radical (unpaired) electrons. The Morgan fingerprint density at radius 2 is 1.65 bits per heavy atom. The van der Waals surface area contributed by atoms with E-state index in [1.54, 1.807) is 17.0 Å². The molecule has 0 bridgehead atoms. The van der Waals surface area contributed by atoms with Gasteiger partial charge in [0, 0.05) is 16.7 Å². The highest BCUT2D eigenvalue weighted by Gasteiger charge is 2.22. The van der Waals surface area contributed by atoms with Gasteiger partial charge in [0.05, 0.1) is 11.9 Å². The molecule has 0 heterocycles. The summed E-state index contributed by atoms with van der Waals surface area (Å²) in [7, 11) is -3.49. The largest absolute Gasteiger partial charge is 0.342 e. The van der Waals surface area contributed by atoms with E-state index in [2.05, 4.69) is 22.6 Å². The monoisotopic (exact) mass is 410 g/mol. The first-order valence-electron chi connectivity index (χ1n) is 6.30. The van der Waals surface area contributed by atoms with E-state index in [4.69, 9.17) is 0 Å². The van der Waals surface area contributed by atoms with Gasteiger partial charge < -0.3 is 4.90 Å².